The van der Waals surface area contributed by atoms with E-state index in [-0.39, 0.29) is 11.9 Å². The molecule has 2 amide bonds. The second kappa shape index (κ2) is 7.13. The van der Waals surface area contributed by atoms with Gasteiger partial charge in [0.05, 0.1) is 17.6 Å². The van der Waals surface area contributed by atoms with Crippen LogP contribution in [0.4, 0.5) is 4.79 Å². The first-order valence-corrected chi connectivity index (χ1v) is 8.65. The molecule has 134 valence electrons. The van der Waals surface area contributed by atoms with Crippen molar-refractivity contribution in [3.05, 3.63) is 29.6 Å². The van der Waals surface area contributed by atoms with Crippen molar-refractivity contribution in [3.8, 4) is 0 Å². The third-order valence-electron chi connectivity index (χ3n) is 4.66. The van der Waals surface area contributed by atoms with E-state index >= 15 is 0 Å². The molecule has 0 unspecified atom stereocenters. The molecule has 2 aromatic rings. The molecule has 2 heterocycles. The Kier molecular flexibility index (Phi) is 4.92. The number of hydrogen-bond donors (Lipinski definition) is 1. The molecule has 0 aliphatic carbocycles. The number of rotatable bonds is 3. The van der Waals surface area contributed by atoms with Gasteiger partial charge in [-0.1, -0.05) is 0 Å². The van der Waals surface area contributed by atoms with Crippen molar-refractivity contribution in [2.75, 3.05) is 19.7 Å². The second-order valence-corrected chi connectivity index (χ2v) is 6.38. The van der Waals surface area contributed by atoms with Crippen LogP contribution >= 0.6 is 0 Å². The molecular weight excluding hydrogens is 320 g/mol. The molecule has 0 saturated carbocycles. The number of benzene rings is 1. The zero-order valence-electron chi connectivity index (χ0n) is 14.9. The normalized spacial score (nSPS) is 17.6. The molecule has 1 fully saturated rings. The van der Waals surface area contributed by atoms with Crippen LogP contribution in [-0.2, 0) is 11.8 Å². The van der Waals surface area contributed by atoms with Crippen LogP contribution in [0.25, 0.3) is 11.0 Å². The summed E-state index contributed by atoms with van der Waals surface area (Å²) in [5, 5.41) is 2.83. The van der Waals surface area contributed by atoms with Gasteiger partial charge in [-0.15, -0.1) is 0 Å². The van der Waals surface area contributed by atoms with Gasteiger partial charge in [0.15, 0.2) is 0 Å². The van der Waals surface area contributed by atoms with Crippen LogP contribution in [0.2, 0.25) is 0 Å². The monoisotopic (exact) mass is 344 g/mol. The molecule has 3 rings (SSSR count). The fourth-order valence-electron chi connectivity index (χ4n) is 3.25. The minimum absolute atomic E-state index is 0.0273. The molecule has 0 radical (unpaired) electrons. The van der Waals surface area contributed by atoms with E-state index in [1.807, 2.05) is 36.7 Å². The first-order chi connectivity index (χ1) is 12.0. The van der Waals surface area contributed by atoms with Crippen LogP contribution in [-0.4, -0.2) is 52.2 Å². The summed E-state index contributed by atoms with van der Waals surface area (Å²) >= 11 is 0. The van der Waals surface area contributed by atoms with Crippen LogP contribution in [0.1, 0.15) is 35.9 Å². The number of piperidine rings is 1. The zero-order valence-corrected chi connectivity index (χ0v) is 14.9. The highest BCUT2D eigenvalue weighted by atomic mass is 16.5. The third kappa shape index (κ3) is 3.60. The molecule has 7 nitrogen and oxygen atoms in total. The lowest BCUT2D eigenvalue weighted by Gasteiger charge is -2.33. The van der Waals surface area contributed by atoms with Crippen LogP contribution < -0.4 is 5.32 Å². The molecular formula is C18H24N4O3. The number of ether oxygens (including phenoxy) is 1. The number of carbonyl (C=O) groups is 2. The van der Waals surface area contributed by atoms with E-state index < -0.39 is 6.09 Å². The van der Waals surface area contributed by atoms with E-state index in [1.165, 1.54) is 0 Å². The predicted octanol–water partition coefficient (Wildman–Crippen LogP) is 2.23. The van der Waals surface area contributed by atoms with Gasteiger partial charge in [-0.25, -0.2) is 9.78 Å². The molecule has 1 N–H and O–H groups in total. The first kappa shape index (κ1) is 17.3. The van der Waals surface area contributed by atoms with Crippen LogP contribution in [0, 0.1) is 6.92 Å². The fourth-order valence-corrected chi connectivity index (χ4v) is 3.25. The molecule has 7 heteroatoms. The summed E-state index contributed by atoms with van der Waals surface area (Å²) in [7, 11) is 1.96. The summed E-state index contributed by atoms with van der Waals surface area (Å²) in [5.41, 5.74) is 2.46. The fraction of sp³-hybridized carbons (Fsp3) is 0.500. The molecule has 1 aromatic carbocycles. The van der Waals surface area contributed by atoms with Crippen molar-refractivity contribution < 1.29 is 14.3 Å². The molecule has 25 heavy (non-hydrogen) atoms. The Morgan fingerprint density at radius 1 is 1.40 bits per heavy atom. The Morgan fingerprint density at radius 3 is 2.96 bits per heavy atom. The highest BCUT2D eigenvalue weighted by molar-refractivity contribution is 5.97. The lowest BCUT2D eigenvalue weighted by atomic mass is 10.0. The van der Waals surface area contributed by atoms with Gasteiger partial charge in [0.1, 0.15) is 5.82 Å². The van der Waals surface area contributed by atoms with E-state index in [4.69, 9.17) is 4.74 Å². The number of nitrogens with zero attached hydrogens (tertiary/aromatic N) is 3. The maximum atomic E-state index is 12.8. The van der Waals surface area contributed by atoms with E-state index in [0.717, 1.165) is 29.7 Å². The summed E-state index contributed by atoms with van der Waals surface area (Å²) in [6.07, 6.45) is 1.28. The van der Waals surface area contributed by atoms with Gasteiger partial charge in [-0.05, 0) is 44.9 Å². The van der Waals surface area contributed by atoms with Crippen LogP contribution in [0.5, 0.6) is 0 Å². The minimum atomic E-state index is -0.424. The second-order valence-electron chi connectivity index (χ2n) is 6.38. The van der Waals surface area contributed by atoms with Crippen molar-refractivity contribution in [2.45, 2.75) is 32.7 Å². The quantitative estimate of drug-likeness (QED) is 0.926. The average molecular weight is 344 g/mol. The van der Waals surface area contributed by atoms with Crippen molar-refractivity contribution in [1.29, 1.82) is 0 Å². The van der Waals surface area contributed by atoms with Gasteiger partial charge < -0.3 is 19.5 Å². The van der Waals surface area contributed by atoms with Gasteiger partial charge in [0.2, 0.25) is 0 Å². The van der Waals surface area contributed by atoms with Crippen molar-refractivity contribution in [3.63, 3.8) is 0 Å². The van der Waals surface area contributed by atoms with E-state index in [9.17, 15) is 9.59 Å². The highest BCUT2D eigenvalue weighted by Gasteiger charge is 2.26. The summed E-state index contributed by atoms with van der Waals surface area (Å²) < 4.78 is 6.93. The van der Waals surface area contributed by atoms with Gasteiger partial charge >= 0.3 is 6.09 Å². The maximum absolute atomic E-state index is 12.8. The van der Waals surface area contributed by atoms with E-state index in [1.54, 1.807) is 11.8 Å². The lowest BCUT2D eigenvalue weighted by Crippen LogP contribution is -2.49. The van der Waals surface area contributed by atoms with Crippen molar-refractivity contribution in [1.82, 2.24) is 19.8 Å². The summed E-state index contributed by atoms with van der Waals surface area (Å²) in [4.78, 5) is 30.7. The standard InChI is InChI=1S/C18H24N4O3/c1-4-25-18(24)20-14-6-5-9-22(11-14)17(23)13-7-8-16-15(10-13)19-12(2)21(16)3/h7-8,10,14H,4-6,9,11H2,1-3H3,(H,20,24)/t14-/m0/s1. The number of fused-ring (bicyclic) bond motifs is 1. The smallest absolute Gasteiger partial charge is 0.407 e. The molecule has 1 aliphatic heterocycles. The number of likely N-dealkylation sites (tertiary alicyclic amines) is 1. The van der Waals surface area contributed by atoms with Gasteiger partial charge in [0, 0.05) is 31.7 Å². The molecule has 1 aromatic heterocycles. The van der Waals surface area contributed by atoms with Crippen molar-refractivity contribution in [2.24, 2.45) is 7.05 Å². The number of amides is 2. The highest BCUT2D eigenvalue weighted by Crippen LogP contribution is 2.19. The largest absolute Gasteiger partial charge is 0.450 e. The number of hydrogen-bond acceptors (Lipinski definition) is 4. The third-order valence-corrected chi connectivity index (χ3v) is 4.66. The van der Waals surface area contributed by atoms with Crippen molar-refractivity contribution >= 4 is 23.0 Å². The number of imidazole rings is 1. The number of nitrogens with one attached hydrogen (secondary N) is 1. The van der Waals surface area contributed by atoms with Crippen LogP contribution in [0.3, 0.4) is 0 Å². The number of carbonyl (C=O) groups excluding carboxylic acids is 2. The Balaban J connectivity index is 1.72. The lowest BCUT2D eigenvalue weighted by molar-refractivity contribution is 0.0686. The maximum Gasteiger partial charge on any atom is 0.407 e. The number of alkyl carbamates (subject to hydrolysis) is 1. The van der Waals surface area contributed by atoms with E-state index in [2.05, 4.69) is 10.3 Å². The van der Waals surface area contributed by atoms with Gasteiger partial charge in [0.25, 0.3) is 5.91 Å². The average Bonchev–Trinajstić information content (AvgIpc) is 2.88. The van der Waals surface area contributed by atoms with Crippen LogP contribution in [0.15, 0.2) is 18.2 Å². The topological polar surface area (TPSA) is 76.5 Å². The predicted molar refractivity (Wildman–Crippen MR) is 94.5 cm³/mol. The molecule has 0 spiro atoms. The minimum Gasteiger partial charge on any atom is -0.450 e. The van der Waals surface area contributed by atoms with E-state index in [0.29, 0.717) is 25.3 Å². The number of aromatic nitrogens is 2. The Labute approximate surface area is 147 Å². The Morgan fingerprint density at radius 2 is 2.20 bits per heavy atom. The molecule has 1 aliphatic rings. The number of aryl methyl sites for hydroxylation is 2. The summed E-state index contributed by atoms with van der Waals surface area (Å²) in [5.74, 6) is 0.886. The zero-order chi connectivity index (χ0) is 18.0. The Bertz CT molecular complexity index is 799. The van der Waals surface area contributed by atoms with Gasteiger partial charge in [-0.2, -0.15) is 0 Å². The molecule has 1 atom stereocenters. The van der Waals surface area contributed by atoms with Gasteiger partial charge in [-0.3, -0.25) is 4.79 Å². The Hall–Kier alpha value is -2.57. The molecule has 0 bridgehead atoms. The molecule has 1 saturated heterocycles. The summed E-state index contributed by atoms with van der Waals surface area (Å²) in [6, 6.07) is 5.54. The SMILES string of the molecule is CCOC(=O)N[C@H]1CCCN(C(=O)c2ccc3c(c2)nc(C)n3C)C1. The summed E-state index contributed by atoms with van der Waals surface area (Å²) in [6.45, 7) is 5.24. The first-order valence-electron chi connectivity index (χ1n) is 8.65.